The molecule has 6 nitrogen and oxygen atoms in total. The maximum Gasteiger partial charge on any atom is 0.255 e. The van der Waals surface area contributed by atoms with Crippen molar-refractivity contribution in [3.63, 3.8) is 0 Å². The predicted octanol–water partition coefficient (Wildman–Crippen LogP) is 3.25. The van der Waals surface area contributed by atoms with Gasteiger partial charge >= 0.3 is 0 Å². The molecule has 1 aliphatic carbocycles. The van der Waals surface area contributed by atoms with Crippen LogP contribution in [-0.2, 0) is 6.54 Å². The topological polar surface area (TPSA) is 54.3 Å². The smallest absolute Gasteiger partial charge is 0.255 e. The summed E-state index contributed by atoms with van der Waals surface area (Å²) >= 11 is 0. The van der Waals surface area contributed by atoms with E-state index in [9.17, 15) is 9.18 Å². The molecular formula is C22H24FN5O. The van der Waals surface area contributed by atoms with Crippen LogP contribution in [0.5, 0.6) is 0 Å². The molecule has 3 aromatic rings. The van der Waals surface area contributed by atoms with Crippen LogP contribution in [0, 0.1) is 5.82 Å². The van der Waals surface area contributed by atoms with E-state index < -0.39 is 0 Å². The van der Waals surface area contributed by atoms with Gasteiger partial charge in [-0.15, -0.1) is 0 Å². The van der Waals surface area contributed by atoms with Crippen LogP contribution in [0.25, 0.3) is 11.2 Å². The lowest BCUT2D eigenvalue weighted by Gasteiger charge is -2.22. The molecule has 0 spiro atoms. The van der Waals surface area contributed by atoms with Gasteiger partial charge in [-0.25, -0.2) is 14.4 Å². The molecule has 29 heavy (non-hydrogen) atoms. The number of benzene rings is 1. The van der Waals surface area contributed by atoms with Crippen LogP contribution >= 0.6 is 0 Å². The van der Waals surface area contributed by atoms with E-state index in [1.54, 1.807) is 6.20 Å². The molecule has 0 bridgehead atoms. The van der Waals surface area contributed by atoms with E-state index in [0.29, 0.717) is 18.2 Å². The fraction of sp³-hybridized carbons (Fsp3) is 0.409. The first kappa shape index (κ1) is 18.2. The molecule has 1 saturated carbocycles. The van der Waals surface area contributed by atoms with Crippen molar-refractivity contribution in [1.82, 2.24) is 24.3 Å². The van der Waals surface area contributed by atoms with E-state index in [4.69, 9.17) is 0 Å². The first-order chi connectivity index (χ1) is 14.2. The Morgan fingerprint density at radius 1 is 1.07 bits per heavy atom. The summed E-state index contributed by atoms with van der Waals surface area (Å²) in [5, 5.41) is 0. The molecule has 2 fully saturated rings. The number of fused-ring (bicyclic) bond motifs is 1. The van der Waals surface area contributed by atoms with E-state index >= 15 is 0 Å². The molecule has 150 valence electrons. The largest absolute Gasteiger partial charge is 0.337 e. The standard InChI is InChI=1S/C22H24FN5O/c23-18-4-2-16(3-5-18)14-26-8-1-9-27(11-10-26)22(29)17-12-20-21(24-13-17)28(15-25-20)19-6-7-19/h2-5,12-13,15,19H,1,6-11,14H2. The highest BCUT2D eigenvalue weighted by atomic mass is 19.1. The molecule has 3 heterocycles. The van der Waals surface area contributed by atoms with Crippen molar-refractivity contribution >= 4 is 17.1 Å². The Balaban J connectivity index is 1.25. The lowest BCUT2D eigenvalue weighted by molar-refractivity contribution is 0.0761. The fourth-order valence-corrected chi connectivity index (χ4v) is 4.02. The van der Waals surface area contributed by atoms with Crippen molar-refractivity contribution in [1.29, 1.82) is 0 Å². The van der Waals surface area contributed by atoms with Crippen LogP contribution < -0.4 is 0 Å². The maximum absolute atomic E-state index is 13.1. The van der Waals surface area contributed by atoms with Gasteiger partial charge in [-0.05, 0) is 43.0 Å². The minimum atomic E-state index is -0.214. The Labute approximate surface area is 169 Å². The zero-order valence-electron chi connectivity index (χ0n) is 16.3. The molecule has 0 radical (unpaired) electrons. The third-order valence-corrected chi connectivity index (χ3v) is 5.80. The summed E-state index contributed by atoms with van der Waals surface area (Å²) in [7, 11) is 0. The predicted molar refractivity (Wildman–Crippen MR) is 108 cm³/mol. The van der Waals surface area contributed by atoms with Crippen molar-refractivity contribution in [2.75, 3.05) is 26.2 Å². The minimum Gasteiger partial charge on any atom is -0.337 e. The highest BCUT2D eigenvalue weighted by Gasteiger charge is 2.26. The third kappa shape index (κ3) is 3.87. The van der Waals surface area contributed by atoms with Gasteiger partial charge in [-0.2, -0.15) is 0 Å². The number of imidazole rings is 1. The number of nitrogens with zero attached hydrogens (tertiary/aromatic N) is 5. The van der Waals surface area contributed by atoms with E-state index in [1.165, 1.54) is 25.0 Å². The quantitative estimate of drug-likeness (QED) is 0.683. The second-order valence-electron chi connectivity index (χ2n) is 8.00. The molecule has 2 aliphatic rings. The van der Waals surface area contributed by atoms with Crippen LogP contribution in [0.15, 0.2) is 42.9 Å². The number of hydrogen-bond acceptors (Lipinski definition) is 4. The van der Waals surface area contributed by atoms with Gasteiger partial charge < -0.3 is 9.47 Å². The zero-order valence-corrected chi connectivity index (χ0v) is 16.3. The molecule has 2 aromatic heterocycles. The highest BCUT2D eigenvalue weighted by molar-refractivity contribution is 5.96. The Kier molecular flexibility index (Phi) is 4.75. The number of carbonyl (C=O) groups is 1. The normalized spacial score (nSPS) is 18.2. The van der Waals surface area contributed by atoms with Gasteiger partial charge in [0.1, 0.15) is 11.3 Å². The van der Waals surface area contributed by atoms with Crippen LogP contribution in [0.2, 0.25) is 0 Å². The molecular weight excluding hydrogens is 369 g/mol. The van der Waals surface area contributed by atoms with Gasteiger partial charge in [-0.3, -0.25) is 9.69 Å². The summed E-state index contributed by atoms with van der Waals surface area (Å²) in [6, 6.07) is 9.03. The van der Waals surface area contributed by atoms with Gasteiger partial charge in [-0.1, -0.05) is 12.1 Å². The van der Waals surface area contributed by atoms with Crippen LogP contribution in [0.3, 0.4) is 0 Å². The third-order valence-electron chi connectivity index (χ3n) is 5.80. The zero-order chi connectivity index (χ0) is 19.8. The average molecular weight is 393 g/mol. The fourth-order valence-electron chi connectivity index (χ4n) is 4.02. The molecule has 1 saturated heterocycles. The number of rotatable bonds is 4. The molecule has 0 atom stereocenters. The van der Waals surface area contributed by atoms with Gasteiger partial charge in [0, 0.05) is 45.0 Å². The molecule has 0 N–H and O–H groups in total. The van der Waals surface area contributed by atoms with Crippen molar-refractivity contribution in [3.05, 3.63) is 59.8 Å². The van der Waals surface area contributed by atoms with Gasteiger partial charge in [0.25, 0.3) is 5.91 Å². The highest BCUT2D eigenvalue weighted by Crippen LogP contribution is 2.36. The van der Waals surface area contributed by atoms with Crippen LogP contribution in [0.1, 0.15) is 41.2 Å². The molecule has 0 unspecified atom stereocenters. The summed E-state index contributed by atoms with van der Waals surface area (Å²) in [5.41, 5.74) is 3.35. The average Bonchev–Trinajstić information content (AvgIpc) is 3.53. The van der Waals surface area contributed by atoms with E-state index in [-0.39, 0.29) is 11.7 Å². The summed E-state index contributed by atoms with van der Waals surface area (Å²) < 4.78 is 15.2. The Morgan fingerprint density at radius 3 is 2.69 bits per heavy atom. The maximum atomic E-state index is 13.1. The second-order valence-corrected chi connectivity index (χ2v) is 8.00. The van der Waals surface area contributed by atoms with Gasteiger partial charge in [0.2, 0.25) is 0 Å². The Morgan fingerprint density at radius 2 is 1.90 bits per heavy atom. The first-order valence-corrected chi connectivity index (χ1v) is 10.3. The molecule has 5 rings (SSSR count). The number of aromatic nitrogens is 3. The lowest BCUT2D eigenvalue weighted by atomic mass is 10.2. The SMILES string of the molecule is O=C(c1cnc2c(c1)ncn2C1CC1)N1CCCN(Cc2ccc(F)cc2)CC1. The van der Waals surface area contributed by atoms with Crippen molar-refractivity contribution in [2.45, 2.75) is 31.8 Å². The Hall–Kier alpha value is -2.80. The van der Waals surface area contributed by atoms with Crippen molar-refractivity contribution in [2.24, 2.45) is 0 Å². The molecule has 1 amide bonds. The Bertz CT molecular complexity index is 1030. The van der Waals surface area contributed by atoms with Crippen molar-refractivity contribution in [3.8, 4) is 0 Å². The van der Waals surface area contributed by atoms with Gasteiger partial charge in [0.15, 0.2) is 5.65 Å². The van der Waals surface area contributed by atoms with Crippen molar-refractivity contribution < 1.29 is 9.18 Å². The number of halogens is 1. The minimum absolute atomic E-state index is 0.0176. The summed E-state index contributed by atoms with van der Waals surface area (Å²) in [4.78, 5) is 26.2. The van der Waals surface area contributed by atoms with E-state index in [1.807, 2.05) is 29.4 Å². The molecule has 1 aromatic carbocycles. The van der Waals surface area contributed by atoms with Gasteiger partial charge in [0.05, 0.1) is 11.9 Å². The van der Waals surface area contributed by atoms with Crippen LogP contribution in [-0.4, -0.2) is 56.4 Å². The number of amides is 1. The first-order valence-electron chi connectivity index (χ1n) is 10.3. The summed E-state index contributed by atoms with van der Waals surface area (Å²) in [6.07, 6.45) is 6.79. The van der Waals surface area contributed by atoms with Crippen LogP contribution in [0.4, 0.5) is 4.39 Å². The molecule has 1 aliphatic heterocycles. The number of hydrogen-bond donors (Lipinski definition) is 0. The monoisotopic (exact) mass is 393 g/mol. The lowest BCUT2D eigenvalue weighted by Crippen LogP contribution is -2.35. The van der Waals surface area contributed by atoms with E-state index in [2.05, 4.69) is 19.4 Å². The number of carbonyl (C=O) groups excluding carboxylic acids is 1. The van der Waals surface area contributed by atoms with E-state index in [0.717, 1.165) is 49.3 Å². The second kappa shape index (κ2) is 7.55. The summed E-state index contributed by atoms with van der Waals surface area (Å²) in [5.74, 6) is -0.196. The number of pyridine rings is 1. The molecule has 7 heteroatoms. The summed E-state index contributed by atoms with van der Waals surface area (Å²) in [6.45, 7) is 3.90.